The number of nitrogens with one attached hydrogen (secondary N) is 1. The topological polar surface area (TPSA) is 97.6 Å². The van der Waals surface area contributed by atoms with E-state index in [4.69, 9.17) is 4.52 Å². The second-order valence-electron chi connectivity index (χ2n) is 6.96. The molecular weight excluding hydrogens is 406 g/mol. The van der Waals surface area contributed by atoms with Crippen molar-refractivity contribution < 1.29 is 26.5 Å². The fraction of sp³-hybridized carbons (Fsp3) is 0.556. The molecule has 3 rings (SSSR count). The van der Waals surface area contributed by atoms with Gasteiger partial charge in [0.2, 0.25) is 21.7 Å². The summed E-state index contributed by atoms with van der Waals surface area (Å²) in [6.45, 7) is -1.33. The van der Waals surface area contributed by atoms with Gasteiger partial charge in [-0.2, -0.15) is 13.8 Å². The zero-order valence-corrected chi connectivity index (χ0v) is 16.9. The molecule has 1 aliphatic rings. The van der Waals surface area contributed by atoms with Crippen LogP contribution in [0.3, 0.4) is 0 Å². The molecule has 1 atom stereocenters. The second-order valence-corrected chi connectivity index (χ2v) is 8.79. The van der Waals surface area contributed by atoms with E-state index >= 15 is 0 Å². The standard InChI is InChI=1S/C18H24F2N4O4S/c1-29(25,26)21-10-9-13-6-4-5-11-24(13)12-16-22-17(23-28-16)14-7-2-3-8-15(14)27-18(19)20/h2-3,7-8,13,18,21H,4-6,9-12H2,1H3. The van der Waals surface area contributed by atoms with Gasteiger partial charge in [-0.05, 0) is 37.9 Å². The van der Waals surface area contributed by atoms with E-state index < -0.39 is 16.6 Å². The Balaban J connectivity index is 1.67. The van der Waals surface area contributed by atoms with Crippen LogP contribution in [0, 0.1) is 0 Å². The van der Waals surface area contributed by atoms with Crippen molar-refractivity contribution in [1.82, 2.24) is 19.8 Å². The highest BCUT2D eigenvalue weighted by atomic mass is 32.2. The first-order chi connectivity index (χ1) is 13.8. The molecule has 0 amide bonds. The maximum Gasteiger partial charge on any atom is 0.387 e. The quantitative estimate of drug-likeness (QED) is 0.653. The Bertz CT molecular complexity index is 907. The maximum absolute atomic E-state index is 12.6. The van der Waals surface area contributed by atoms with Crippen molar-refractivity contribution >= 4 is 10.0 Å². The number of halogens is 2. The minimum Gasteiger partial charge on any atom is -0.434 e. The van der Waals surface area contributed by atoms with Crippen LogP contribution in [0.15, 0.2) is 28.8 Å². The largest absolute Gasteiger partial charge is 0.434 e. The molecule has 2 aromatic rings. The van der Waals surface area contributed by atoms with E-state index in [0.717, 1.165) is 32.1 Å². The van der Waals surface area contributed by atoms with Crippen LogP contribution >= 0.6 is 0 Å². The molecule has 0 spiro atoms. The molecule has 0 bridgehead atoms. The van der Waals surface area contributed by atoms with Crippen LogP contribution in [-0.4, -0.2) is 55.5 Å². The third-order valence-electron chi connectivity index (χ3n) is 4.74. The summed E-state index contributed by atoms with van der Waals surface area (Å²) in [6, 6.07) is 6.48. The molecule has 0 radical (unpaired) electrons. The van der Waals surface area contributed by atoms with Gasteiger partial charge in [0.15, 0.2) is 0 Å². The smallest absolute Gasteiger partial charge is 0.387 e. The van der Waals surface area contributed by atoms with Crippen molar-refractivity contribution in [1.29, 1.82) is 0 Å². The molecule has 1 fully saturated rings. The lowest BCUT2D eigenvalue weighted by Crippen LogP contribution is -2.41. The predicted octanol–water partition coefficient (Wildman–Crippen LogP) is 2.63. The van der Waals surface area contributed by atoms with Crippen molar-refractivity contribution in [2.24, 2.45) is 0 Å². The number of piperidine rings is 1. The zero-order valence-electron chi connectivity index (χ0n) is 16.1. The summed E-state index contributed by atoms with van der Waals surface area (Å²) in [4.78, 5) is 6.53. The lowest BCUT2D eigenvalue weighted by atomic mass is 9.99. The Kier molecular flexibility index (Phi) is 7.14. The molecule has 8 nitrogen and oxygen atoms in total. The number of alkyl halides is 2. The molecule has 29 heavy (non-hydrogen) atoms. The summed E-state index contributed by atoms with van der Waals surface area (Å²) in [5.74, 6) is 0.538. The number of hydrogen-bond donors (Lipinski definition) is 1. The van der Waals surface area contributed by atoms with Crippen molar-refractivity contribution in [2.45, 2.75) is 44.9 Å². The van der Waals surface area contributed by atoms with Gasteiger partial charge in [-0.15, -0.1) is 0 Å². The third-order valence-corrected chi connectivity index (χ3v) is 5.47. The van der Waals surface area contributed by atoms with Crippen molar-refractivity contribution in [3.63, 3.8) is 0 Å². The van der Waals surface area contributed by atoms with Crippen LogP contribution in [0.25, 0.3) is 11.4 Å². The van der Waals surface area contributed by atoms with Crippen molar-refractivity contribution in [2.75, 3.05) is 19.3 Å². The van der Waals surface area contributed by atoms with Gasteiger partial charge in [0.05, 0.1) is 18.4 Å². The Hall–Kier alpha value is -2.11. The second kappa shape index (κ2) is 9.59. The predicted molar refractivity (Wildman–Crippen MR) is 102 cm³/mol. The van der Waals surface area contributed by atoms with Gasteiger partial charge in [-0.3, -0.25) is 4.90 Å². The molecule has 1 N–H and O–H groups in total. The summed E-state index contributed by atoms with van der Waals surface area (Å²) >= 11 is 0. The molecule has 1 unspecified atom stereocenters. The fourth-order valence-electron chi connectivity index (χ4n) is 3.46. The summed E-state index contributed by atoms with van der Waals surface area (Å²) < 4.78 is 60.1. The monoisotopic (exact) mass is 430 g/mol. The number of likely N-dealkylation sites (tertiary alicyclic amines) is 1. The zero-order chi connectivity index (χ0) is 20.9. The first kappa shape index (κ1) is 21.6. The van der Waals surface area contributed by atoms with Gasteiger partial charge >= 0.3 is 6.61 Å². The molecule has 11 heteroatoms. The van der Waals surface area contributed by atoms with Gasteiger partial charge in [0.25, 0.3) is 0 Å². The molecule has 2 heterocycles. The summed E-state index contributed by atoms with van der Waals surface area (Å²) in [6.07, 6.45) is 4.88. The minimum absolute atomic E-state index is 0.0162. The normalized spacial score (nSPS) is 18.3. The summed E-state index contributed by atoms with van der Waals surface area (Å²) in [5, 5.41) is 3.91. The van der Waals surface area contributed by atoms with E-state index in [-0.39, 0.29) is 17.6 Å². The van der Waals surface area contributed by atoms with E-state index in [1.54, 1.807) is 18.2 Å². The lowest BCUT2D eigenvalue weighted by Gasteiger charge is -2.34. The molecule has 0 saturated carbocycles. The number of hydrogen-bond acceptors (Lipinski definition) is 7. The average Bonchev–Trinajstić information content (AvgIpc) is 3.10. The van der Waals surface area contributed by atoms with Gasteiger partial charge in [0.1, 0.15) is 5.75 Å². The third kappa shape index (κ3) is 6.44. The van der Waals surface area contributed by atoms with Crippen LogP contribution < -0.4 is 9.46 Å². The highest BCUT2D eigenvalue weighted by Crippen LogP contribution is 2.29. The van der Waals surface area contributed by atoms with Crippen LogP contribution in [0.2, 0.25) is 0 Å². The Morgan fingerprint density at radius 1 is 1.34 bits per heavy atom. The van der Waals surface area contributed by atoms with E-state index in [2.05, 4.69) is 24.5 Å². The molecule has 1 saturated heterocycles. The number of para-hydroxylation sites is 1. The first-order valence-corrected chi connectivity index (χ1v) is 11.3. The van der Waals surface area contributed by atoms with E-state index in [1.165, 1.54) is 6.07 Å². The number of aromatic nitrogens is 2. The molecular formula is C18H24F2N4O4S. The lowest BCUT2D eigenvalue weighted by molar-refractivity contribution is -0.0494. The summed E-state index contributed by atoms with van der Waals surface area (Å²) in [7, 11) is -3.22. The van der Waals surface area contributed by atoms with E-state index in [1.807, 2.05) is 0 Å². The van der Waals surface area contributed by atoms with Gasteiger partial charge < -0.3 is 9.26 Å². The van der Waals surface area contributed by atoms with Crippen LogP contribution in [-0.2, 0) is 16.6 Å². The Morgan fingerprint density at radius 3 is 2.90 bits per heavy atom. The maximum atomic E-state index is 12.6. The van der Waals surface area contributed by atoms with E-state index in [0.29, 0.717) is 31.0 Å². The first-order valence-electron chi connectivity index (χ1n) is 9.37. The number of sulfonamides is 1. The van der Waals surface area contributed by atoms with Gasteiger partial charge in [-0.25, -0.2) is 13.1 Å². The average molecular weight is 430 g/mol. The van der Waals surface area contributed by atoms with Crippen LogP contribution in [0.1, 0.15) is 31.6 Å². The summed E-state index contributed by atoms with van der Waals surface area (Å²) in [5.41, 5.74) is 0.329. The molecule has 1 aromatic heterocycles. The SMILES string of the molecule is CS(=O)(=O)NCCC1CCCCN1Cc1nc(-c2ccccc2OC(F)F)no1. The molecule has 0 aliphatic carbocycles. The number of benzene rings is 1. The highest BCUT2D eigenvalue weighted by molar-refractivity contribution is 7.88. The van der Waals surface area contributed by atoms with Crippen molar-refractivity contribution in [3.8, 4) is 17.1 Å². The van der Waals surface area contributed by atoms with Gasteiger partial charge in [-0.1, -0.05) is 23.7 Å². The number of ether oxygens (including phenoxy) is 1. The van der Waals surface area contributed by atoms with Crippen LogP contribution in [0.5, 0.6) is 5.75 Å². The molecule has 1 aromatic carbocycles. The highest BCUT2D eigenvalue weighted by Gasteiger charge is 2.25. The Morgan fingerprint density at radius 2 is 2.14 bits per heavy atom. The fourth-order valence-corrected chi connectivity index (χ4v) is 3.95. The Labute approximate surface area is 168 Å². The number of rotatable bonds is 9. The van der Waals surface area contributed by atoms with E-state index in [9.17, 15) is 17.2 Å². The van der Waals surface area contributed by atoms with Crippen molar-refractivity contribution in [3.05, 3.63) is 30.2 Å². The molecule has 160 valence electrons. The number of nitrogens with zero attached hydrogens (tertiary/aromatic N) is 3. The minimum atomic E-state index is -3.22. The van der Waals surface area contributed by atoms with Crippen LogP contribution in [0.4, 0.5) is 8.78 Å². The van der Waals surface area contributed by atoms with Gasteiger partial charge in [0, 0.05) is 12.6 Å². The molecule has 1 aliphatic heterocycles.